The first-order valence-corrected chi connectivity index (χ1v) is 8.43. The number of para-hydroxylation sites is 2. The fourth-order valence-corrected chi connectivity index (χ4v) is 3.81. The molecule has 2 aliphatic rings. The number of carbonyl (C=O) groups is 2. The summed E-state index contributed by atoms with van der Waals surface area (Å²) in [5.41, 5.74) is 1.84. The Kier molecular flexibility index (Phi) is 3.53. The van der Waals surface area contributed by atoms with Gasteiger partial charge in [-0.25, -0.2) is 0 Å². The Morgan fingerprint density at radius 1 is 1.20 bits per heavy atom. The van der Waals surface area contributed by atoms with Crippen molar-refractivity contribution in [2.45, 2.75) is 31.9 Å². The molecule has 2 aromatic rings. The van der Waals surface area contributed by atoms with E-state index in [1.54, 1.807) is 0 Å². The monoisotopic (exact) mass is 336 g/mol. The molecule has 5 nitrogen and oxygen atoms in total. The van der Waals surface area contributed by atoms with E-state index in [0.717, 1.165) is 22.6 Å². The highest BCUT2D eigenvalue weighted by Crippen LogP contribution is 2.46. The van der Waals surface area contributed by atoms with Gasteiger partial charge in [0.2, 0.25) is 11.8 Å². The average molecular weight is 336 g/mol. The Morgan fingerprint density at radius 3 is 2.72 bits per heavy atom. The standard InChI is InChI=1S/C20H20N2O3/c1-12-7-3-5-9-15(12)21-18(23)17-14-11-20(2,22-19(17)24)25-16-10-6-4-8-13(14)16/h3-10,14,17H,11H2,1-2H3,(H,21,23)(H,22,24)/t14-,17-,20+/m1/s1. The van der Waals surface area contributed by atoms with Crippen molar-refractivity contribution in [3.63, 3.8) is 0 Å². The molecule has 25 heavy (non-hydrogen) atoms. The molecule has 0 spiro atoms. The zero-order valence-corrected chi connectivity index (χ0v) is 14.2. The van der Waals surface area contributed by atoms with Crippen LogP contribution in [0.4, 0.5) is 5.69 Å². The van der Waals surface area contributed by atoms with Crippen LogP contribution < -0.4 is 15.4 Å². The van der Waals surface area contributed by atoms with Crippen molar-refractivity contribution < 1.29 is 14.3 Å². The Bertz CT molecular complexity index is 864. The molecule has 3 atom stereocenters. The summed E-state index contributed by atoms with van der Waals surface area (Å²) in [5, 5.41) is 5.79. The molecule has 2 bridgehead atoms. The van der Waals surface area contributed by atoms with Crippen molar-refractivity contribution in [2.24, 2.45) is 5.92 Å². The SMILES string of the molecule is Cc1ccccc1NC(=O)[C@@H]1C(=O)N[C@]2(C)C[C@@H]1c1ccccc1O2. The van der Waals surface area contributed by atoms with Crippen LogP contribution in [0.25, 0.3) is 0 Å². The number of rotatable bonds is 2. The number of nitrogens with one attached hydrogen (secondary N) is 2. The van der Waals surface area contributed by atoms with Gasteiger partial charge in [0.25, 0.3) is 0 Å². The second-order valence-corrected chi connectivity index (χ2v) is 6.95. The van der Waals surface area contributed by atoms with E-state index in [2.05, 4.69) is 10.6 Å². The summed E-state index contributed by atoms with van der Waals surface area (Å²) in [6, 6.07) is 15.2. The summed E-state index contributed by atoms with van der Waals surface area (Å²) >= 11 is 0. The third-order valence-corrected chi connectivity index (χ3v) is 5.02. The molecule has 1 fully saturated rings. The van der Waals surface area contributed by atoms with E-state index in [1.165, 1.54) is 0 Å². The topological polar surface area (TPSA) is 67.4 Å². The van der Waals surface area contributed by atoms with Gasteiger partial charge in [-0.2, -0.15) is 0 Å². The summed E-state index contributed by atoms with van der Waals surface area (Å²) in [4.78, 5) is 25.6. The zero-order valence-electron chi connectivity index (χ0n) is 14.2. The van der Waals surface area contributed by atoms with E-state index in [-0.39, 0.29) is 17.7 Å². The average Bonchev–Trinajstić information content (AvgIpc) is 2.56. The van der Waals surface area contributed by atoms with Gasteiger partial charge in [-0.15, -0.1) is 0 Å². The second kappa shape index (κ2) is 5.62. The normalized spacial score (nSPS) is 26.9. The maximum Gasteiger partial charge on any atom is 0.237 e. The van der Waals surface area contributed by atoms with Gasteiger partial charge in [0, 0.05) is 18.0 Å². The molecule has 2 heterocycles. The van der Waals surface area contributed by atoms with Crippen molar-refractivity contribution in [2.75, 3.05) is 5.32 Å². The van der Waals surface area contributed by atoms with Crippen LogP contribution >= 0.6 is 0 Å². The highest BCUT2D eigenvalue weighted by Gasteiger charge is 2.51. The number of hydrogen-bond acceptors (Lipinski definition) is 3. The largest absolute Gasteiger partial charge is 0.468 e. The zero-order chi connectivity index (χ0) is 17.6. The van der Waals surface area contributed by atoms with Crippen molar-refractivity contribution >= 4 is 17.5 Å². The lowest BCUT2D eigenvalue weighted by molar-refractivity contribution is -0.145. The number of amides is 2. The minimum Gasteiger partial charge on any atom is -0.468 e. The Balaban J connectivity index is 1.69. The lowest BCUT2D eigenvalue weighted by Gasteiger charge is -2.46. The summed E-state index contributed by atoms with van der Waals surface area (Å²) in [6.45, 7) is 3.78. The van der Waals surface area contributed by atoms with E-state index < -0.39 is 11.6 Å². The molecular weight excluding hydrogens is 316 g/mol. The Labute approximate surface area is 146 Å². The van der Waals surface area contributed by atoms with Crippen LogP contribution in [0.15, 0.2) is 48.5 Å². The minimum absolute atomic E-state index is 0.201. The molecule has 4 rings (SSSR count). The van der Waals surface area contributed by atoms with Gasteiger partial charge in [-0.05, 0) is 37.1 Å². The Morgan fingerprint density at radius 2 is 1.92 bits per heavy atom. The molecule has 2 aromatic carbocycles. The van der Waals surface area contributed by atoms with Gasteiger partial charge >= 0.3 is 0 Å². The maximum atomic E-state index is 12.9. The molecule has 0 saturated carbocycles. The Hall–Kier alpha value is -2.82. The fourth-order valence-electron chi connectivity index (χ4n) is 3.81. The van der Waals surface area contributed by atoms with Crippen LogP contribution in [-0.2, 0) is 9.59 Å². The number of piperidine rings is 1. The molecule has 1 saturated heterocycles. The predicted molar refractivity (Wildman–Crippen MR) is 94.3 cm³/mol. The first-order valence-electron chi connectivity index (χ1n) is 8.43. The molecule has 2 N–H and O–H groups in total. The number of benzene rings is 2. The maximum absolute atomic E-state index is 12.9. The highest BCUT2D eigenvalue weighted by molar-refractivity contribution is 6.08. The summed E-state index contributed by atoms with van der Waals surface area (Å²) < 4.78 is 5.96. The van der Waals surface area contributed by atoms with Crippen LogP contribution in [0.2, 0.25) is 0 Å². The van der Waals surface area contributed by atoms with Gasteiger partial charge in [0.15, 0.2) is 5.72 Å². The van der Waals surface area contributed by atoms with Crippen LogP contribution in [0.1, 0.15) is 30.4 Å². The fraction of sp³-hybridized carbons (Fsp3) is 0.300. The number of aryl methyl sites for hydroxylation is 1. The van der Waals surface area contributed by atoms with Crippen molar-refractivity contribution in [3.05, 3.63) is 59.7 Å². The molecule has 0 aromatic heterocycles. The van der Waals surface area contributed by atoms with E-state index >= 15 is 0 Å². The number of carbonyl (C=O) groups excluding carboxylic acids is 2. The molecule has 0 aliphatic carbocycles. The van der Waals surface area contributed by atoms with Crippen molar-refractivity contribution in [3.8, 4) is 5.75 Å². The lowest BCUT2D eigenvalue weighted by atomic mass is 9.74. The summed E-state index contributed by atoms with van der Waals surface area (Å²) in [6.07, 6.45) is 0.571. The van der Waals surface area contributed by atoms with Crippen LogP contribution in [0.3, 0.4) is 0 Å². The molecule has 128 valence electrons. The molecular formula is C20H20N2O3. The van der Waals surface area contributed by atoms with Gasteiger partial charge < -0.3 is 15.4 Å². The highest BCUT2D eigenvalue weighted by atomic mass is 16.5. The minimum atomic E-state index is -0.780. The van der Waals surface area contributed by atoms with E-state index in [9.17, 15) is 9.59 Å². The predicted octanol–water partition coefficient (Wildman–Crippen LogP) is 2.96. The van der Waals surface area contributed by atoms with Gasteiger partial charge in [-0.1, -0.05) is 36.4 Å². The van der Waals surface area contributed by atoms with Gasteiger partial charge in [0.1, 0.15) is 11.7 Å². The van der Waals surface area contributed by atoms with Crippen LogP contribution in [0.5, 0.6) is 5.75 Å². The van der Waals surface area contributed by atoms with Gasteiger partial charge in [-0.3, -0.25) is 9.59 Å². The number of hydrogen-bond donors (Lipinski definition) is 2. The lowest BCUT2D eigenvalue weighted by Crippen LogP contribution is -2.62. The molecule has 2 amide bonds. The number of ether oxygens (including phenoxy) is 1. The first kappa shape index (κ1) is 15.7. The molecule has 0 unspecified atom stereocenters. The smallest absolute Gasteiger partial charge is 0.237 e. The number of fused-ring (bicyclic) bond motifs is 4. The number of anilines is 1. The third-order valence-electron chi connectivity index (χ3n) is 5.02. The van der Waals surface area contributed by atoms with E-state index in [0.29, 0.717) is 6.42 Å². The van der Waals surface area contributed by atoms with Gasteiger partial charge in [0.05, 0.1) is 0 Å². The van der Waals surface area contributed by atoms with E-state index in [4.69, 9.17) is 4.74 Å². The summed E-state index contributed by atoms with van der Waals surface area (Å²) in [7, 11) is 0. The second-order valence-electron chi connectivity index (χ2n) is 6.95. The van der Waals surface area contributed by atoms with Crippen LogP contribution in [0, 0.1) is 12.8 Å². The van der Waals surface area contributed by atoms with E-state index in [1.807, 2.05) is 62.4 Å². The van der Waals surface area contributed by atoms with Crippen LogP contribution in [-0.4, -0.2) is 17.5 Å². The third kappa shape index (κ3) is 2.65. The molecule has 0 radical (unpaired) electrons. The van der Waals surface area contributed by atoms with Crippen molar-refractivity contribution in [1.29, 1.82) is 0 Å². The molecule has 2 aliphatic heterocycles. The van der Waals surface area contributed by atoms with Crippen molar-refractivity contribution in [1.82, 2.24) is 5.32 Å². The first-order chi connectivity index (χ1) is 12.0. The quantitative estimate of drug-likeness (QED) is 0.829. The summed E-state index contributed by atoms with van der Waals surface area (Å²) in [5.74, 6) is -0.824. The molecule has 5 heteroatoms.